The molecule has 0 aliphatic heterocycles. The van der Waals surface area contributed by atoms with Crippen LogP contribution < -0.4 is 0 Å². The first-order chi connectivity index (χ1) is 10.7. The fourth-order valence-electron chi connectivity index (χ4n) is 2.48. The molecule has 0 heterocycles. The minimum atomic E-state index is -2.47. The second kappa shape index (κ2) is 13.8. The van der Waals surface area contributed by atoms with E-state index in [1.807, 2.05) is 36.5 Å². The van der Waals surface area contributed by atoms with Gasteiger partial charge in [0, 0.05) is 0 Å². The molecule has 4 heteroatoms. The van der Waals surface area contributed by atoms with Crippen LogP contribution in [0.5, 0.6) is 0 Å². The van der Waals surface area contributed by atoms with Gasteiger partial charge in [0.1, 0.15) is 0 Å². The van der Waals surface area contributed by atoms with Crippen molar-refractivity contribution in [3.05, 3.63) is 75.9 Å². The van der Waals surface area contributed by atoms with E-state index in [4.69, 9.17) is 0 Å². The quantitative estimate of drug-likeness (QED) is 0.305. The zero-order valence-corrected chi connectivity index (χ0v) is 17.2. The Hall–Kier alpha value is -0.881. The van der Waals surface area contributed by atoms with Crippen LogP contribution in [-0.2, 0) is 0 Å². The SMILES string of the molecule is C=CC[N](CC=C)[SnH]([N](CC=C)CC=C)[N](CC=C)CC=C. The van der Waals surface area contributed by atoms with E-state index in [0.717, 1.165) is 39.3 Å². The van der Waals surface area contributed by atoms with Crippen LogP contribution in [0.2, 0.25) is 0 Å². The fraction of sp³-hybridized carbons (Fsp3) is 0.333. The van der Waals surface area contributed by atoms with E-state index in [1.54, 1.807) is 0 Å². The van der Waals surface area contributed by atoms with Crippen LogP contribution in [-0.4, -0.2) is 69.2 Å². The zero-order valence-electron chi connectivity index (χ0n) is 13.9. The second-order valence-corrected chi connectivity index (χ2v) is 13.2. The number of hydrogen-bond acceptors (Lipinski definition) is 3. The van der Waals surface area contributed by atoms with Crippen molar-refractivity contribution < 1.29 is 0 Å². The van der Waals surface area contributed by atoms with Crippen LogP contribution in [0.3, 0.4) is 0 Å². The molecule has 0 atom stereocenters. The van der Waals surface area contributed by atoms with Gasteiger partial charge >= 0.3 is 145 Å². The van der Waals surface area contributed by atoms with Crippen LogP contribution >= 0.6 is 0 Å². The van der Waals surface area contributed by atoms with E-state index >= 15 is 0 Å². The molecule has 22 heavy (non-hydrogen) atoms. The van der Waals surface area contributed by atoms with Crippen molar-refractivity contribution >= 4 is 20.6 Å². The molecule has 0 amide bonds. The molecule has 0 fully saturated rings. The summed E-state index contributed by atoms with van der Waals surface area (Å²) in [4.78, 5) is 0. The molecular weight excluding hydrogens is 377 g/mol. The maximum absolute atomic E-state index is 3.91. The number of nitrogens with zero attached hydrogens (tertiary/aromatic N) is 3. The standard InChI is InChI=1S/3C6H10N.Sn.H/c3*1-3-5-7-6-4-2;;/h3*3-4H,1-2,5-6H2;;/q3*-1;+3;. The molecule has 0 aliphatic carbocycles. The van der Waals surface area contributed by atoms with Gasteiger partial charge in [-0.15, -0.1) is 0 Å². The van der Waals surface area contributed by atoms with E-state index in [0.29, 0.717) is 0 Å². The topological polar surface area (TPSA) is 9.72 Å². The van der Waals surface area contributed by atoms with Crippen LogP contribution in [0.15, 0.2) is 75.9 Å². The Morgan fingerprint density at radius 1 is 0.455 bits per heavy atom. The van der Waals surface area contributed by atoms with Gasteiger partial charge in [0.2, 0.25) is 0 Å². The first-order valence-electron chi connectivity index (χ1n) is 7.57. The summed E-state index contributed by atoms with van der Waals surface area (Å²) in [6.45, 7) is 28.6. The molecule has 0 rings (SSSR count). The van der Waals surface area contributed by atoms with Gasteiger partial charge in [0.05, 0.1) is 0 Å². The summed E-state index contributed by atoms with van der Waals surface area (Å²) in [5.74, 6) is 0. The summed E-state index contributed by atoms with van der Waals surface area (Å²) < 4.78 is 7.55. The normalized spacial score (nSPS) is 10.9. The van der Waals surface area contributed by atoms with E-state index in [-0.39, 0.29) is 0 Å². The van der Waals surface area contributed by atoms with Crippen molar-refractivity contribution in [2.75, 3.05) is 39.3 Å². The molecule has 0 aromatic rings. The summed E-state index contributed by atoms with van der Waals surface area (Å²) in [6, 6.07) is 0. The Balaban J connectivity index is 5.61. The van der Waals surface area contributed by atoms with Crippen molar-refractivity contribution in [1.82, 2.24) is 9.36 Å². The molecular formula is C18H31N3Sn. The Labute approximate surface area is 145 Å². The minimum absolute atomic E-state index is 0.863. The van der Waals surface area contributed by atoms with Gasteiger partial charge in [0.15, 0.2) is 0 Å². The Kier molecular flexibility index (Phi) is 13.2. The molecule has 3 nitrogen and oxygen atoms in total. The van der Waals surface area contributed by atoms with Gasteiger partial charge in [-0.3, -0.25) is 0 Å². The molecule has 0 saturated carbocycles. The third kappa shape index (κ3) is 7.40. The van der Waals surface area contributed by atoms with Gasteiger partial charge in [-0.2, -0.15) is 0 Å². The van der Waals surface area contributed by atoms with E-state index < -0.39 is 20.6 Å². The van der Waals surface area contributed by atoms with Gasteiger partial charge in [0.25, 0.3) is 0 Å². The van der Waals surface area contributed by atoms with Crippen LogP contribution in [0.25, 0.3) is 0 Å². The summed E-state index contributed by atoms with van der Waals surface area (Å²) >= 11 is -2.47. The number of rotatable bonds is 15. The summed E-state index contributed by atoms with van der Waals surface area (Å²) in [5, 5.41) is 0. The van der Waals surface area contributed by atoms with Crippen molar-refractivity contribution in [2.24, 2.45) is 0 Å². The van der Waals surface area contributed by atoms with E-state index in [2.05, 4.69) is 48.8 Å². The molecule has 0 bridgehead atoms. The summed E-state index contributed by atoms with van der Waals surface area (Å²) in [7, 11) is 0. The van der Waals surface area contributed by atoms with Crippen LogP contribution in [0, 0.1) is 0 Å². The first kappa shape index (κ1) is 21.1. The van der Waals surface area contributed by atoms with E-state index in [1.165, 1.54) is 0 Å². The van der Waals surface area contributed by atoms with Crippen molar-refractivity contribution in [1.29, 1.82) is 0 Å². The Morgan fingerprint density at radius 3 is 0.773 bits per heavy atom. The molecule has 122 valence electrons. The van der Waals surface area contributed by atoms with Crippen molar-refractivity contribution in [3.8, 4) is 0 Å². The molecule has 0 radical (unpaired) electrons. The molecule has 0 saturated heterocycles. The predicted molar refractivity (Wildman–Crippen MR) is 103 cm³/mol. The Bertz CT molecular complexity index is 291. The predicted octanol–water partition coefficient (Wildman–Crippen LogP) is 2.73. The monoisotopic (exact) mass is 409 g/mol. The molecule has 0 unspecified atom stereocenters. The fourth-order valence-corrected chi connectivity index (χ4v) is 12.2. The Morgan fingerprint density at radius 2 is 0.636 bits per heavy atom. The molecule has 0 aromatic heterocycles. The van der Waals surface area contributed by atoms with Gasteiger partial charge in [-0.1, -0.05) is 0 Å². The average molecular weight is 408 g/mol. The summed E-state index contributed by atoms with van der Waals surface area (Å²) in [5.41, 5.74) is 0. The van der Waals surface area contributed by atoms with Gasteiger partial charge in [-0.05, 0) is 0 Å². The summed E-state index contributed by atoms with van der Waals surface area (Å²) in [6.07, 6.45) is 11.8. The van der Waals surface area contributed by atoms with Crippen molar-refractivity contribution in [2.45, 2.75) is 0 Å². The molecule has 0 spiro atoms. The van der Waals surface area contributed by atoms with E-state index in [9.17, 15) is 0 Å². The van der Waals surface area contributed by atoms with Gasteiger partial charge in [-0.25, -0.2) is 0 Å². The molecule has 0 aromatic carbocycles. The third-order valence-corrected chi connectivity index (χ3v) is 12.4. The second-order valence-electron chi connectivity index (χ2n) is 4.94. The molecule has 0 aliphatic rings. The third-order valence-electron chi connectivity index (χ3n) is 3.16. The zero-order chi connectivity index (χ0) is 16.8. The molecule has 0 N–H and O–H groups in total. The number of hydrogen-bond donors (Lipinski definition) is 0. The van der Waals surface area contributed by atoms with Crippen molar-refractivity contribution in [3.63, 3.8) is 0 Å². The first-order valence-corrected chi connectivity index (χ1v) is 12.0. The van der Waals surface area contributed by atoms with Crippen LogP contribution in [0.4, 0.5) is 0 Å². The maximum atomic E-state index is 3.91. The van der Waals surface area contributed by atoms with Crippen LogP contribution in [0.1, 0.15) is 0 Å². The van der Waals surface area contributed by atoms with Gasteiger partial charge < -0.3 is 0 Å². The average Bonchev–Trinajstić information content (AvgIpc) is 2.49.